The van der Waals surface area contributed by atoms with Gasteiger partial charge >= 0.3 is 0 Å². The average Bonchev–Trinajstić information content (AvgIpc) is 2.43. The van der Waals surface area contributed by atoms with Gasteiger partial charge in [-0.25, -0.2) is 0 Å². The molecular formula is C16H26N2. The lowest BCUT2D eigenvalue weighted by molar-refractivity contribution is 0.0997. The summed E-state index contributed by atoms with van der Waals surface area (Å²) in [6, 6.07) is 12.3. The highest BCUT2D eigenvalue weighted by Crippen LogP contribution is 2.17. The zero-order valence-corrected chi connectivity index (χ0v) is 11.7. The second kappa shape index (κ2) is 6.91. The molecule has 18 heavy (non-hydrogen) atoms. The summed E-state index contributed by atoms with van der Waals surface area (Å²) in [6.07, 6.45) is 3.70. The lowest BCUT2D eigenvalue weighted by Gasteiger charge is -2.41. The van der Waals surface area contributed by atoms with E-state index in [0.717, 1.165) is 19.1 Å². The number of piperazine rings is 1. The Bertz CT molecular complexity index is 332. The molecule has 100 valence electrons. The average molecular weight is 246 g/mol. The van der Waals surface area contributed by atoms with Gasteiger partial charge in [-0.15, -0.1) is 0 Å². The van der Waals surface area contributed by atoms with Gasteiger partial charge < -0.3 is 5.32 Å². The highest BCUT2D eigenvalue weighted by Gasteiger charge is 2.26. The Morgan fingerprint density at radius 3 is 2.61 bits per heavy atom. The van der Waals surface area contributed by atoms with Crippen LogP contribution in [0.25, 0.3) is 0 Å². The largest absolute Gasteiger partial charge is 0.314 e. The Morgan fingerprint density at radius 2 is 1.94 bits per heavy atom. The lowest BCUT2D eigenvalue weighted by atomic mass is 9.99. The van der Waals surface area contributed by atoms with Crippen LogP contribution in [0.1, 0.15) is 32.3 Å². The van der Waals surface area contributed by atoms with Crippen molar-refractivity contribution in [1.82, 2.24) is 10.2 Å². The zero-order valence-electron chi connectivity index (χ0n) is 11.7. The van der Waals surface area contributed by atoms with Gasteiger partial charge in [0.25, 0.3) is 0 Å². The molecule has 1 aromatic carbocycles. The van der Waals surface area contributed by atoms with Crippen LogP contribution in [0.2, 0.25) is 0 Å². The number of hydrogen-bond acceptors (Lipinski definition) is 2. The van der Waals surface area contributed by atoms with Crippen LogP contribution in [0.5, 0.6) is 0 Å². The minimum atomic E-state index is 0.658. The van der Waals surface area contributed by atoms with E-state index in [2.05, 4.69) is 54.4 Å². The number of benzene rings is 1. The van der Waals surface area contributed by atoms with E-state index in [9.17, 15) is 0 Å². The molecule has 1 unspecified atom stereocenters. The standard InChI is InChI=1S/C16H26N2/c1-3-15(4-2)18-11-10-17-13-16(18)12-14-8-6-5-7-9-14/h5-9,15-17H,3-4,10-13H2,1-2H3. The Kier molecular flexibility index (Phi) is 5.21. The molecule has 0 saturated carbocycles. The molecule has 0 aromatic heterocycles. The van der Waals surface area contributed by atoms with Crippen molar-refractivity contribution < 1.29 is 0 Å². The molecule has 1 atom stereocenters. The highest BCUT2D eigenvalue weighted by atomic mass is 15.2. The fourth-order valence-electron chi connectivity index (χ4n) is 3.09. The van der Waals surface area contributed by atoms with Gasteiger partial charge in [-0.3, -0.25) is 4.90 Å². The van der Waals surface area contributed by atoms with Crippen molar-refractivity contribution in [2.24, 2.45) is 0 Å². The molecule has 0 aliphatic carbocycles. The quantitative estimate of drug-likeness (QED) is 0.859. The van der Waals surface area contributed by atoms with Crippen LogP contribution in [0.15, 0.2) is 30.3 Å². The number of nitrogens with one attached hydrogen (secondary N) is 1. The van der Waals surface area contributed by atoms with Crippen LogP contribution in [0, 0.1) is 0 Å². The molecule has 0 spiro atoms. The van der Waals surface area contributed by atoms with E-state index in [0.29, 0.717) is 6.04 Å². The maximum Gasteiger partial charge on any atom is 0.0264 e. The molecule has 1 aliphatic heterocycles. The highest BCUT2D eigenvalue weighted by molar-refractivity contribution is 5.16. The minimum absolute atomic E-state index is 0.658. The summed E-state index contributed by atoms with van der Waals surface area (Å²) in [7, 11) is 0. The number of hydrogen-bond donors (Lipinski definition) is 1. The van der Waals surface area contributed by atoms with Crippen molar-refractivity contribution in [3.63, 3.8) is 0 Å². The first-order valence-electron chi connectivity index (χ1n) is 7.35. The minimum Gasteiger partial charge on any atom is -0.314 e. The summed E-state index contributed by atoms with van der Waals surface area (Å²) < 4.78 is 0. The Balaban J connectivity index is 2.03. The summed E-state index contributed by atoms with van der Waals surface area (Å²) >= 11 is 0. The predicted octanol–water partition coefficient (Wildman–Crippen LogP) is 2.69. The third kappa shape index (κ3) is 3.33. The van der Waals surface area contributed by atoms with Crippen LogP contribution in [-0.2, 0) is 6.42 Å². The van der Waals surface area contributed by atoms with Crippen molar-refractivity contribution in [2.45, 2.75) is 45.2 Å². The number of rotatable bonds is 5. The van der Waals surface area contributed by atoms with Gasteiger partial charge in [0.15, 0.2) is 0 Å². The predicted molar refractivity (Wildman–Crippen MR) is 77.9 cm³/mol. The smallest absolute Gasteiger partial charge is 0.0264 e. The SMILES string of the molecule is CCC(CC)N1CCNCC1Cc1ccccc1. The van der Waals surface area contributed by atoms with Gasteiger partial charge in [0.1, 0.15) is 0 Å². The van der Waals surface area contributed by atoms with E-state index in [1.165, 1.54) is 31.4 Å². The van der Waals surface area contributed by atoms with Gasteiger partial charge in [-0.2, -0.15) is 0 Å². The molecule has 2 heteroatoms. The van der Waals surface area contributed by atoms with E-state index in [4.69, 9.17) is 0 Å². The third-order valence-corrected chi connectivity index (χ3v) is 4.12. The molecule has 0 bridgehead atoms. The molecule has 1 N–H and O–H groups in total. The molecule has 1 aliphatic rings. The summed E-state index contributed by atoms with van der Waals surface area (Å²) in [5.74, 6) is 0. The summed E-state index contributed by atoms with van der Waals surface area (Å²) in [6.45, 7) is 8.10. The van der Waals surface area contributed by atoms with Gasteiger partial charge in [0, 0.05) is 31.7 Å². The van der Waals surface area contributed by atoms with Crippen LogP contribution >= 0.6 is 0 Å². The third-order valence-electron chi connectivity index (χ3n) is 4.12. The fraction of sp³-hybridized carbons (Fsp3) is 0.625. The van der Waals surface area contributed by atoms with Crippen molar-refractivity contribution in [1.29, 1.82) is 0 Å². The van der Waals surface area contributed by atoms with Crippen LogP contribution in [0.3, 0.4) is 0 Å². The second-order valence-corrected chi connectivity index (χ2v) is 5.26. The first kappa shape index (κ1) is 13.6. The van der Waals surface area contributed by atoms with Gasteiger partial charge in [-0.1, -0.05) is 44.2 Å². The Labute approximate surface area is 111 Å². The zero-order chi connectivity index (χ0) is 12.8. The number of nitrogens with zero attached hydrogens (tertiary/aromatic N) is 1. The van der Waals surface area contributed by atoms with Gasteiger partial charge in [0.05, 0.1) is 0 Å². The molecule has 0 amide bonds. The summed E-state index contributed by atoms with van der Waals surface area (Å²) in [5, 5.41) is 3.55. The van der Waals surface area contributed by atoms with Crippen molar-refractivity contribution in [2.75, 3.05) is 19.6 Å². The molecule has 2 nitrogen and oxygen atoms in total. The lowest BCUT2D eigenvalue weighted by Crippen LogP contribution is -2.55. The molecule has 1 saturated heterocycles. The van der Waals surface area contributed by atoms with Gasteiger partial charge in [-0.05, 0) is 24.8 Å². The monoisotopic (exact) mass is 246 g/mol. The summed E-state index contributed by atoms with van der Waals surface area (Å²) in [4.78, 5) is 2.73. The molecule has 0 radical (unpaired) electrons. The maximum absolute atomic E-state index is 3.55. The van der Waals surface area contributed by atoms with Gasteiger partial charge in [0.2, 0.25) is 0 Å². The first-order valence-corrected chi connectivity index (χ1v) is 7.35. The molecular weight excluding hydrogens is 220 g/mol. The van der Waals surface area contributed by atoms with Crippen LogP contribution < -0.4 is 5.32 Å². The Morgan fingerprint density at radius 1 is 1.22 bits per heavy atom. The first-order chi connectivity index (χ1) is 8.85. The molecule has 1 fully saturated rings. The topological polar surface area (TPSA) is 15.3 Å². The van der Waals surface area contributed by atoms with E-state index < -0.39 is 0 Å². The second-order valence-electron chi connectivity index (χ2n) is 5.26. The molecule has 1 aromatic rings. The fourth-order valence-corrected chi connectivity index (χ4v) is 3.09. The Hall–Kier alpha value is -0.860. The maximum atomic E-state index is 3.55. The van der Waals surface area contributed by atoms with E-state index in [-0.39, 0.29) is 0 Å². The molecule has 1 heterocycles. The normalized spacial score (nSPS) is 21.4. The van der Waals surface area contributed by atoms with Crippen molar-refractivity contribution in [3.8, 4) is 0 Å². The summed E-state index contributed by atoms with van der Waals surface area (Å²) in [5.41, 5.74) is 1.46. The van der Waals surface area contributed by atoms with E-state index in [1.807, 2.05) is 0 Å². The van der Waals surface area contributed by atoms with Crippen LogP contribution in [-0.4, -0.2) is 36.6 Å². The van der Waals surface area contributed by atoms with Crippen molar-refractivity contribution >= 4 is 0 Å². The van der Waals surface area contributed by atoms with E-state index in [1.54, 1.807) is 0 Å². The van der Waals surface area contributed by atoms with Crippen LogP contribution in [0.4, 0.5) is 0 Å². The van der Waals surface area contributed by atoms with Crippen molar-refractivity contribution in [3.05, 3.63) is 35.9 Å². The molecule has 2 rings (SSSR count). The van der Waals surface area contributed by atoms with E-state index >= 15 is 0 Å².